The largest absolute Gasteiger partial charge is 0.508 e. The zero-order valence-electron chi connectivity index (χ0n) is 11.5. The first-order valence-corrected chi connectivity index (χ1v) is 8.11. The van der Waals surface area contributed by atoms with Crippen molar-refractivity contribution < 1.29 is 28.2 Å². The fourth-order valence-electron chi connectivity index (χ4n) is 2.46. The van der Waals surface area contributed by atoms with Crippen LogP contribution in [0.5, 0.6) is 5.75 Å². The van der Waals surface area contributed by atoms with Crippen molar-refractivity contribution in [1.29, 1.82) is 0 Å². The number of phenolic OH excluding ortho intramolecular Hbond substituents is 1. The fourth-order valence-corrected chi connectivity index (χ4v) is 3.20. The molecule has 1 saturated heterocycles. The molecule has 0 spiro atoms. The number of hydrogen-bond acceptors (Lipinski definition) is 5. The molecule has 22 heavy (non-hydrogen) atoms. The van der Waals surface area contributed by atoms with Gasteiger partial charge in [0.1, 0.15) is 17.0 Å². The Morgan fingerprint density at radius 1 is 1.45 bits per heavy atom. The van der Waals surface area contributed by atoms with Gasteiger partial charge in [0.15, 0.2) is 0 Å². The average Bonchev–Trinajstić information content (AvgIpc) is 2.77. The van der Waals surface area contributed by atoms with Crippen LogP contribution in [-0.4, -0.2) is 53.2 Å². The smallest absolute Gasteiger partial charge is 0.326 e. The summed E-state index contributed by atoms with van der Waals surface area (Å²) < 4.78 is 22.7. The number of likely N-dealkylation sites (tertiary alicyclic amines) is 1. The van der Waals surface area contributed by atoms with Crippen LogP contribution in [0.15, 0.2) is 24.3 Å². The SMILES string of the molecule is NS(=O)(=O)C1CC(=O)N(C(Cc2cccc(O)c2)C(=O)O)C1. The Kier molecular flexibility index (Phi) is 4.38. The molecule has 0 aliphatic carbocycles. The predicted molar refractivity (Wildman–Crippen MR) is 76.5 cm³/mol. The van der Waals surface area contributed by atoms with Gasteiger partial charge in [-0.3, -0.25) is 4.79 Å². The Bertz CT molecular complexity index is 702. The average molecular weight is 328 g/mol. The number of aromatic hydroxyl groups is 1. The van der Waals surface area contributed by atoms with Crippen molar-refractivity contribution >= 4 is 21.9 Å². The predicted octanol–water partition coefficient (Wildman–Crippen LogP) is -0.723. The monoisotopic (exact) mass is 328 g/mol. The van der Waals surface area contributed by atoms with Crippen molar-refractivity contribution in [3.8, 4) is 5.75 Å². The first kappa shape index (κ1) is 16.2. The molecule has 1 fully saturated rings. The van der Waals surface area contributed by atoms with Crippen LogP contribution in [-0.2, 0) is 26.0 Å². The van der Waals surface area contributed by atoms with Gasteiger partial charge in [-0.05, 0) is 17.7 Å². The highest BCUT2D eigenvalue weighted by molar-refractivity contribution is 7.89. The second-order valence-corrected chi connectivity index (χ2v) is 7.03. The van der Waals surface area contributed by atoms with Gasteiger partial charge in [0.2, 0.25) is 15.9 Å². The van der Waals surface area contributed by atoms with Crippen LogP contribution in [0.1, 0.15) is 12.0 Å². The number of sulfonamides is 1. The lowest BCUT2D eigenvalue weighted by Gasteiger charge is -2.24. The van der Waals surface area contributed by atoms with Crippen molar-refractivity contribution in [2.75, 3.05) is 6.54 Å². The van der Waals surface area contributed by atoms with Gasteiger partial charge < -0.3 is 15.1 Å². The molecule has 0 saturated carbocycles. The molecular weight excluding hydrogens is 312 g/mol. The summed E-state index contributed by atoms with van der Waals surface area (Å²) in [5.74, 6) is -1.82. The minimum Gasteiger partial charge on any atom is -0.508 e. The Morgan fingerprint density at radius 3 is 2.64 bits per heavy atom. The normalized spacial score (nSPS) is 20.1. The molecule has 2 atom stereocenters. The lowest BCUT2D eigenvalue weighted by atomic mass is 10.0. The summed E-state index contributed by atoms with van der Waals surface area (Å²) in [6.07, 6.45) is -0.352. The number of nitrogens with two attached hydrogens (primary N) is 1. The van der Waals surface area contributed by atoms with E-state index in [0.29, 0.717) is 5.56 Å². The third kappa shape index (κ3) is 3.55. The molecule has 8 nitrogen and oxygen atoms in total. The first-order chi connectivity index (χ1) is 10.2. The number of carboxylic acid groups (broad SMARTS) is 1. The van der Waals surface area contributed by atoms with E-state index in [2.05, 4.69) is 0 Å². The van der Waals surface area contributed by atoms with Gasteiger partial charge in [0.05, 0.1) is 0 Å². The maximum atomic E-state index is 11.9. The zero-order valence-corrected chi connectivity index (χ0v) is 12.4. The van der Waals surface area contributed by atoms with Crippen LogP contribution in [0.3, 0.4) is 0 Å². The Labute approximate surface area is 127 Å². The lowest BCUT2D eigenvalue weighted by Crippen LogP contribution is -2.44. The molecule has 1 aromatic carbocycles. The standard InChI is InChI=1S/C13H16N2O6S/c14-22(20,21)10-6-12(17)15(7-10)11(13(18)19)5-8-2-1-3-9(16)4-8/h1-4,10-11,16H,5-7H2,(H,18,19)(H2,14,20,21). The number of carbonyl (C=O) groups is 2. The summed E-state index contributed by atoms with van der Waals surface area (Å²) in [5.41, 5.74) is 0.527. The van der Waals surface area contributed by atoms with Crippen molar-refractivity contribution in [3.63, 3.8) is 0 Å². The number of rotatable bonds is 5. The molecule has 1 heterocycles. The third-order valence-electron chi connectivity index (χ3n) is 3.59. The minimum absolute atomic E-state index is 0.0169. The first-order valence-electron chi connectivity index (χ1n) is 6.50. The van der Waals surface area contributed by atoms with Gasteiger partial charge in [-0.2, -0.15) is 0 Å². The highest BCUT2D eigenvalue weighted by Crippen LogP contribution is 2.22. The quantitative estimate of drug-likeness (QED) is 0.652. The molecule has 4 N–H and O–H groups in total. The van der Waals surface area contributed by atoms with E-state index >= 15 is 0 Å². The van der Waals surface area contributed by atoms with E-state index in [4.69, 9.17) is 5.14 Å². The van der Waals surface area contributed by atoms with Crippen LogP contribution in [0.2, 0.25) is 0 Å². The highest BCUT2D eigenvalue weighted by Gasteiger charge is 2.41. The minimum atomic E-state index is -3.90. The summed E-state index contributed by atoms with van der Waals surface area (Å²) in [5, 5.41) is 22.7. The number of aliphatic carboxylic acids is 1. The van der Waals surface area contributed by atoms with Crippen LogP contribution >= 0.6 is 0 Å². The van der Waals surface area contributed by atoms with Crippen LogP contribution in [0, 0.1) is 0 Å². The number of amides is 1. The van der Waals surface area contributed by atoms with Gasteiger partial charge in [0.25, 0.3) is 0 Å². The molecule has 1 aliphatic rings. The highest BCUT2D eigenvalue weighted by atomic mass is 32.2. The molecule has 1 aromatic rings. The summed E-state index contributed by atoms with van der Waals surface area (Å²) in [6.45, 7) is -0.243. The van der Waals surface area contributed by atoms with Crippen molar-refractivity contribution in [2.45, 2.75) is 24.1 Å². The van der Waals surface area contributed by atoms with Gasteiger partial charge in [-0.1, -0.05) is 12.1 Å². The number of carboxylic acids is 1. The molecule has 2 unspecified atom stereocenters. The van der Waals surface area contributed by atoms with E-state index in [0.717, 1.165) is 4.90 Å². The fraction of sp³-hybridized carbons (Fsp3) is 0.385. The van der Waals surface area contributed by atoms with E-state index in [9.17, 15) is 28.2 Å². The van der Waals surface area contributed by atoms with E-state index in [1.54, 1.807) is 12.1 Å². The van der Waals surface area contributed by atoms with E-state index < -0.39 is 33.2 Å². The van der Waals surface area contributed by atoms with Crippen molar-refractivity contribution in [2.24, 2.45) is 5.14 Å². The van der Waals surface area contributed by atoms with Crippen molar-refractivity contribution in [1.82, 2.24) is 4.90 Å². The summed E-state index contributed by atoms with van der Waals surface area (Å²) >= 11 is 0. The number of primary sulfonamides is 1. The van der Waals surface area contributed by atoms with Crippen LogP contribution in [0.25, 0.3) is 0 Å². The second kappa shape index (κ2) is 5.93. The topological polar surface area (TPSA) is 138 Å². The van der Waals surface area contributed by atoms with Crippen LogP contribution < -0.4 is 5.14 Å². The van der Waals surface area contributed by atoms with Gasteiger partial charge >= 0.3 is 5.97 Å². The van der Waals surface area contributed by atoms with Gasteiger partial charge in [0, 0.05) is 19.4 Å². The van der Waals surface area contributed by atoms with E-state index in [1.165, 1.54) is 12.1 Å². The Morgan fingerprint density at radius 2 is 2.14 bits per heavy atom. The van der Waals surface area contributed by atoms with Crippen molar-refractivity contribution in [3.05, 3.63) is 29.8 Å². The molecule has 9 heteroatoms. The zero-order chi connectivity index (χ0) is 16.5. The molecule has 120 valence electrons. The summed E-state index contributed by atoms with van der Waals surface area (Å²) in [6, 6.07) is 4.81. The molecule has 1 aliphatic heterocycles. The van der Waals surface area contributed by atoms with Gasteiger partial charge in [-0.15, -0.1) is 0 Å². The molecule has 0 radical (unpaired) electrons. The van der Waals surface area contributed by atoms with E-state index in [-0.39, 0.29) is 25.1 Å². The molecule has 0 bridgehead atoms. The summed E-state index contributed by atoms with van der Waals surface area (Å²) in [7, 11) is -3.90. The number of carbonyl (C=O) groups excluding carboxylic acids is 1. The summed E-state index contributed by atoms with van der Waals surface area (Å²) in [4.78, 5) is 24.4. The Balaban J connectivity index is 2.22. The van der Waals surface area contributed by atoms with E-state index in [1.807, 2.05) is 0 Å². The molecular formula is C13H16N2O6S. The number of phenols is 1. The number of hydrogen-bond donors (Lipinski definition) is 3. The van der Waals surface area contributed by atoms with Crippen LogP contribution in [0.4, 0.5) is 0 Å². The molecule has 0 aromatic heterocycles. The maximum Gasteiger partial charge on any atom is 0.326 e. The maximum absolute atomic E-state index is 11.9. The molecule has 2 rings (SSSR count). The lowest BCUT2D eigenvalue weighted by molar-refractivity contribution is -0.148. The number of benzene rings is 1. The Hall–Kier alpha value is -2.13. The third-order valence-corrected chi connectivity index (χ3v) is 4.83. The molecule has 1 amide bonds. The second-order valence-electron chi connectivity index (χ2n) is 5.19. The number of nitrogens with zero attached hydrogens (tertiary/aromatic N) is 1. The van der Waals surface area contributed by atoms with Gasteiger partial charge in [-0.25, -0.2) is 18.4 Å².